The molecule has 0 aliphatic rings. The van der Waals surface area contributed by atoms with Crippen molar-refractivity contribution in [1.29, 1.82) is 0 Å². The number of carbonyl (C=O) groups excluding carboxylic acids is 1. The molecular formula is C11H17N3O3S. The van der Waals surface area contributed by atoms with E-state index in [4.69, 9.17) is 5.11 Å². The number of rotatable bonds is 7. The number of aliphatic carboxylic acids is 1. The van der Waals surface area contributed by atoms with E-state index >= 15 is 0 Å². The van der Waals surface area contributed by atoms with E-state index in [0.717, 1.165) is 17.1 Å². The van der Waals surface area contributed by atoms with Crippen LogP contribution in [0.2, 0.25) is 0 Å². The molecule has 1 rings (SSSR count). The molecule has 0 atom stereocenters. The standard InChI is InChI=1S/C11H17N3O3S/c1-2-9-14-8(7-18-9)6-13-11(17)12-5-3-4-10(15)16/h7H,2-6H2,1H3,(H,15,16)(H2,12,13,17). The maximum absolute atomic E-state index is 11.3. The van der Waals surface area contributed by atoms with Gasteiger partial charge in [0, 0.05) is 18.3 Å². The molecule has 2 amide bonds. The summed E-state index contributed by atoms with van der Waals surface area (Å²) in [5.41, 5.74) is 0.845. The Morgan fingerprint density at radius 2 is 2.22 bits per heavy atom. The van der Waals surface area contributed by atoms with Crippen molar-refractivity contribution in [2.75, 3.05) is 6.54 Å². The van der Waals surface area contributed by atoms with E-state index in [1.54, 1.807) is 11.3 Å². The summed E-state index contributed by atoms with van der Waals surface area (Å²) in [4.78, 5) is 25.9. The number of carboxylic acid groups (broad SMARTS) is 1. The Morgan fingerprint density at radius 1 is 1.44 bits per heavy atom. The van der Waals surface area contributed by atoms with Crippen LogP contribution in [0.15, 0.2) is 5.38 Å². The summed E-state index contributed by atoms with van der Waals surface area (Å²) >= 11 is 1.58. The van der Waals surface area contributed by atoms with Gasteiger partial charge in [0.1, 0.15) is 0 Å². The quantitative estimate of drug-likeness (QED) is 0.653. The molecule has 0 aliphatic carbocycles. The molecule has 18 heavy (non-hydrogen) atoms. The number of carboxylic acids is 1. The van der Waals surface area contributed by atoms with Gasteiger partial charge in [0.2, 0.25) is 0 Å². The summed E-state index contributed by atoms with van der Waals surface area (Å²) in [5.74, 6) is -0.855. The number of hydrogen-bond acceptors (Lipinski definition) is 4. The van der Waals surface area contributed by atoms with Crippen molar-refractivity contribution in [1.82, 2.24) is 15.6 Å². The zero-order chi connectivity index (χ0) is 13.4. The molecule has 0 spiro atoms. The van der Waals surface area contributed by atoms with Crippen molar-refractivity contribution in [3.63, 3.8) is 0 Å². The van der Waals surface area contributed by atoms with E-state index in [1.807, 2.05) is 12.3 Å². The molecule has 3 N–H and O–H groups in total. The van der Waals surface area contributed by atoms with E-state index in [-0.39, 0.29) is 12.5 Å². The number of hydrogen-bond donors (Lipinski definition) is 3. The number of urea groups is 1. The topological polar surface area (TPSA) is 91.3 Å². The minimum absolute atomic E-state index is 0.0617. The number of thiazole rings is 1. The van der Waals surface area contributed by atoms with Gasteiger partial charge in [0.25, 0.3) is 0 Å². The molecule has 0 aromatic carbocycles. The van der Waals surface area contributed by atoms with Crippen LogP contribution in [0.4, 0.5) is 4.79 Å². The zero-order valence-corrected chi connectivity index (χ0v) is 11.0. The molecule has 0 unspecified atom stereocenters. The smallest absolute Gasteiger partial charge is 0.315 e. The Labute approximate surface area is 109 Å². The van der Waals surface area contributed by atoms with Crippen LogP contribution in [-0.4, -0.2) is 28.6 Å². The highest BCUT2D eigenvalue weighted by atomic mass is 32.1. The lowest BCUT2D eigenvalue weighted by atomic mass is 10.3. The van der Waals surface area contributed by atoms with Gasteiger partial charge in [-0.2, -0.15) is 0 Å². The van der Waals surface area contributed by atoms with Crippen molar-refractivity contribution in [3.05, 3.63) is 16.1 Å². The van der Waals surface area contributed by atoms with Crippen LogP contribution < -0.4 is 10.6 Å². The largest absolute Gasteiger partial charge is 0.481 e. The van der Waals surface area contributed by atoms with Gasteiger partial charge in [0.05, 0.1) is 17.2 Å². The summed E-state index contributed by atoms with van der Waals surface area (Å²) in [6.07, 6.45) is 1.39. The second kappa shape index (κ2) is 7.65. The second-order valence-corrected chi connectivity index (χ2v) is 4.64. The Hall–Kier alpha value is -1.63. The van der Waals surface area contributed by atoms with E-state index in [1.165, 1.54) is 0 Å². The fraction of sp³-hybridized carbons (Fsp3) is 0.545. The predicted molar refractivity (Wildman–Crippen MR) is 68.6 cm³/mol. The summed E-state index contributed by atoms with van der Waals surface area (Å²) in [6.45, 7) is 2.78. The van der Waals surface area contributed by atoms with Crippen LogP contribution in [0, 0.1) is 0 Å². The normalized spacial score (nSPS) is 10.1. The predicted octanol–water partition coefficient (Wildman–Crippen LogP) is 1.37. The second-order valence-electron chi connectivity index (χ2n) is 3.69. The lowest BCUT2D eigenvalue weighted by Gasteiger charge is -2.05. The maximum atomic E-state index is 11.3. The highest BCUT2D eigenvalue weighted by Gasteiger charge is 2.03. The lowest BCUT2D eigenvalue weighted by Crippen LogP contribution is -2.35. The van der Waals surface area contributed by atoms with Crippen molar-refractivity contribution in [2.45, 2.75) is 32.7 Å². The first kappa shape index (κ1) is 14.4. The van der Waals surface area contributed by atoms with E-state index in [2.05, 4.69) is 15.6 Å². The number of carbonyl (C=O) groups is 2. The number of amides is 2. The van der Waals surface area contributed by atoms with Crippen molar-refractivity contribution >= 4 is 23.3 Å². The number of aromatic nitrogens is 1. The van der Waals surface area contributed by atoms with E-state index < -0.39 is 5.97 Å². The molecule has 0 saturated carbocycles. The maximum Gasteiger partial charge on any atom is 0.315 e. The van der Waals surface area contributed by atoms with Crippen LogP contribution in [0.25, 0.3) is 0 Å². The molecule has 100 valence electrons. The highest BCUT2D eigenvalue weighted by Crippen LogP contribution is 2.09. The lowest BCUT2D eigenvalue weighted by molar-refractivity contribution is -0.137. The van der Waals surface area contributed by atoms with Gasteiger partial charge < -0.3 is 15.7 Å². The van der Waals surface area contributed by atoms with Gasteiger partial charge in [-0.15, -0.1) is 11.3 Å². The third kappa shape index (κ3) is 5.62. The molecule has 0 aliphatic heterocycles. The minimum atomic E-state index is -0.855. The summed E-state index contributed by atoms with van der Waals surface area (Å²) < 4.78 is 0. The Bertz CT molecular complexity index is 406. The molecule has 7 heteroatoms. The first-order chi connectivity index (χ1) is 8.61. The number of aryl methyl sites for hydroxylation is 1. The number of nitrogens with one attached hydrogen (secondary N) is 2. The highest BCUT2D eigenvalue weighted by molar-refractivity contribution is 7.09. The molecule has 0 radical (unpaired) electrons. The summed E-state index contributed by atoms with van der Waals surface area (Å²) in [6, 6.07) is -0.300. The van der Waals surface area contributed by atoms with Crippen molar-refractivity contribution in [3.8, 4) is 0 Å². The summed E-state index contributed by atoms with van der Waals surface area (Å²) in [7, 11) is 0. The Balaban J connectivity index is 2.14. The first-order valence-corrected chi connectivity index (χ1v) is 6.66. The van der Waals surface area contributed by atoms with Crippen LogP contribution >= 0.6 is 11.3 Å². The minimum Gasteiger partial charge on any atom is -0.481 e. The van der Waals surface area contributed by atoms with Gasteiger partial charge in [-0.05, 0) is 12.8 Å². The monoisotopic (exact) mass is 271 g/mol. The first-order valence-electron chi connectivity index (χ1n) is 5.78. The van der Waals surface area contributed by atoms with E-state index in [0.29, 0.717) is 19.5 Å². The van der Waals surface area contributed by atoms with Crippen LogP contribution in [0.3, 0.4) is 0 Å². The fourth-order valence-electron chi connectivity index (χ4n) is 1.27. The van der Waals surface area contributed by atoms with Crippen molar-refractivity contribution in [2.24, 2.45) is 0 Å². The molecule has 0 fully saturated rings. The van der Waals surface area contributed by atoms with Crippen molar-refractivity contribution < 1.29 is 14.7 Å². The van der Waals surface area contributed by atoms with E-state index in [9.17, 15) is 9.59 Å². The third-order valence-electron chi connectivity index (χ3n) is 2.18. The fourth-order valence-corrected chi connectivity index (χ4v) is 2.01. The molecule has 0 bridgehead atoms. The summed E-state index contributed by atoms with van der Waals surface area (Å²) in [5, 5.41) is 16.7. The Kier molecular flexibility index (Phi) is 6.13. The average molecular weight is 271 g/mol. The Morgan fingerprint density at radius 3 is 2.83 bits per heavy atom. The average Bonchev–Trinajstić information content (AvgIpc) is 2.80. The molecule has 1 aromatic rings. The van der Waals surface area contributed by atoms with Crippen LogP contribution in [-0.2, 0) is 17.8 Å². The van der Waals surface area contributed by atoms with Gasteiger partial charge in [-0.1, -0.05) is 6.92 Å². The van der Waals surface area contributed by atoms with Gasteiger partial charge in [-0.3, -0.25) is 4.79 Å². The molecule has 1 aromatic heterocycles. The zero-order valence-electron chi connectivity index (χ0n) is 10.2. The molecular weight excluding hydrogens is 254 g/mol. The SMILES string of the molecule is CCc1nc(CNC(=O)NCCCC(=O)O)cs1. The van der Waals surface area contributed by atoms with Crippen LogP contribution in [0.1, 0.15) is 30.5 Å². The number of nitrogens with zero attached hydrogens (tertiary/aromatic N) is 1. The molecule has 6 nitrogen and oxygen atoms in total. The van der Waals surface area contributed by atoms with Gasteiger partial charge in [0.15, 0.2) is 0 Å². The third-order valence-corrected chi connectivity index (χ3v) is 3.23. The van der Waals surface area contributed by atoms with Gasteiger partial charge >= 0.3 is 12.0 Å². The molecule has 1 heterocycles. The molecule has 0 saturated heterocycles. The van der Waals surface area contributed by atoms with Crippen LogP contribution in [0.5, 0.6) is 0 Å². The van der Waals surface area contributed by atoms with Gasteiger partial charge in [-0.25, -0.2) is 9.78 Å².